The molecule has 5 rings (SSSR count). The standard InChI is InChI=1S/C20H14ClF5N8O/c1-19(20(24,25)26)6-11(12-8-27-14-5-13(21)32-33(14)15(12)19)18(35)31-9-4-10(16(22)23)17(28-7-9)34-29-2-3-30-34/h2-5,7-8,11,16H,6H2,1H3,(H,31,35)/t11?,19-/m0/s1. The molecule has 1 amide bonds. The van der Waals surface area contributed by atoms with Crippen LogP contribution in [0.4, 0.5) is 27.6 Å². The average molecular weight is 513 g/mol. The summed E-state index contributed by atoms with van der Waals surface area (Å²) in [6, 6.07) is 2.28. The molecular weight excluding hydrogens is 499 g/mol. The second-order valence-electron chi connectivity index (χ2n) is 8.13. The summed E-state index contributed by atoms with van der Waals surface area (Å²) in [6.45, 7) is 0.969. The molecule has 0 radical (unpaired) electrons. The SMILES string of the molecule is C[C@]1(C(F)(F)F)CC(C(=O)Nc2cnc(-n3nccn3)c(C(F)F)c2)c2cnc3cc(Cl)nn3c21. The first-order valence-corrected chi connectivity index (χ1v) is 10.4. The first-order valence-electron chi connectivity index (χ1n) is 10.1. The van der Waals surface area contributed by atoms with Crippen LogP contribution in [0.1, 0.15) is 42.5 Å². The number of amides is 1. The first-order chi connectivity index (χ1) is 16.5. The van der Waals surface area contributed by atoms with E-state index >= 15 is 0 Å². The molecule has 1 N–H and O–H groups in total. The Morgan fingerprint density at radius 1 is 1.20 bits per heavy atom. The number of nitrogens with one attached hydrogen (secondary N) is 1. The minimum absolute atomic E-state index is 0.00833. The van der Waals surface area contributed by atoms with E-state index < -0.39 is 41.8 Å². The van der Waals surface area contributed by atoms with Crippen molar-refractivity contribution in [3.8, 4) is 5.82 Å². The van der Waals surface area contributed by atoms with Gasteiger partial charge in [0.25, 0.3) is 6.43 Å². The smallest absolute Gasteiger partial charge is 0.324 e. The molecule has 182 valence electrons. The van der Waals surface area contributed by atoms with Gasteiger partial charge in [-0.05, 0) is 19.4 Å². The lowest BCUT2D eigenvalue weighted by atomic mass is 9.85. The van der Waals surface area contributed by atoms with Crippen molar-refractivity contribution in [3.05, 3.63) is 58.9 Å². The number of alkyl halides is 5. The summed E-state index contributed by atoms with van der Waals surface area (Å²) >= 11 is 5.88. The molecule has 2 atom stereocenters. The molecule has 4 heterocycles. The Morgan fingerprint density at radius 3 is 2.57 bits per heavy atom. The Labute approximate surface area is 197 Å². The van der Waals surface area contributed by atoms with Crippen LogP contribution in [0.2, 0.25) is 5.15 Å². The molecule has 0 saturated heterocycles. The molecule has 9 nitrogen and oxygen atoms in total. The third kappa shape index (κ3) is 3.68. The minimum Gasteiger partial charge on any atom is -0.324 e. The van der Waals surface area contributed by atoms with Gasteiger partial charge in [-0.1, -0.05) is 11.6 Å². The Hall–Kier alpha value is -3.68. The van der Waals surface area contributed by atoms with Crippen molar-refractivity contribution in [2.75, 3.05) is 5.32 Å². The second-order valence-corrected chi connectivity index (χ2v) is 8.52. The van der Waals surface area contributed by atoms with E-state index in [0.717, 1.165) is 28.5 Å². The summed E-state index contributed by atoms with van der Waals surface area (Å²) in [5.41, 5.74) is -3.29. The summed E-state index contributed by atoms with van der Waals surface area (Å²) < 4.78 is 70.9. The third-order valence-corrected chi connectivity index (χ3v) is 6.13. The van der Waals surface area contributed by atoms with Gasteiger partial charge in [-0.15, -0.1) is 4.80 Å². The zero-order chi connectivity index (χ0) is 25.1. The molecular formula is C20H14ClF5N8O. The van der Waals surface area contributed by atoms with E-state index in [0.29, 0.717) is 0 Å². The fourth-order valence-corrected chi connectivity index (χ4v) is 4.42. The van der Waals surface area contributed by atoms with Gasteiger partial charge < -0.3 is 5.32 Å². The van der Waals surface area contributed by atoms with Gasteiger partial charge in [0.05, 0.1) is 41.5 Å². The van der Waals surface area contributed by atoms with Crippen LogP contribution in [-0.4, -0.2) is 46.7 Å². The quantitative estimate of drug-likeness (QED) is 0.410. The van der Waals surface area contributed by atoms with Crippen molar-refractivity contribution in [3.63, 3.8) is 0 Å². The molecule has 0 saturated carbocycles. The lowest BCUT2D eigenvalue weighted by Crippen LogP contribution is -2.39. The Balaban J connectivity index is 1.53. The number of hydrogen-bond donors (Lipinski definition) is 1. The van der Waals surface area contributed by atoms with Crippen molar-refractivity contribution in [1.82, 2.24) is 34.6 Å². The van der Waals surface area contributed by atoms with Crippen LogP contribution in [0, 0.1) is 0 Å². The topological polar surface area (TPSA) is 103 Å². The number of nitrogens with zero attached hydrogens (tertiary/aromatic N) is 7. The van der Waals surface area contributed by atoms with E-state index in [4.69, 9.17) is 11.6 Å². The summed E-state index contributed by atoms with van der Waals surface area (Å²) in [6.07, 6.45) is -3.52. The predicted octanol–water partition coefficient (Wildman–Crippen LogP) is 4.24. The van der Waals surface area contributed by atoms with Crippen LogP contribution in [0.3, 0.4) is 0 Å². The number of carbonyl (C=O) groups excluding carboxylic acids is 1. The minimum atomic E-state index is -4.73. The number of fused-ring (bicyclic) bond motifs is 3. The Kier molecular flexibility index (Phi) is 5.23. The Morgan fingerprint density at radius 2 is 1.91 bits per heavy atom. The van der Waals surface area contributed by atoms with Crippen LogP contribution in [-0.2, 0) is 10.2 Å². The van der Waals surface area contributed by atoms with Gasteiger partial charge in [-0.25, -0.2) is 23.3 Å². The van der Waals surface area contributed by atoms with Gasteiger partial charge >= 0.3 is 6.18 Å². The molecule has 4 aromatic rings. The van der Waals surface area contributed by atoms with Gasteiger partial charge in [0.1, 0.15) is 5.41 Å². The largest absolute Gasteiger partial charge is 0.399 e. The van der Waals surface area contributed by atoms with Crippen molar-refractivity contribution < 1.29 is 26.7 Å². The fourth-order valence-electron chi connectivity index (χ4n) is 4.25. The number of rotatable bonds is 4. The predicted molar refractivity (Wildman–Crippen MR) is 112 cm³/mol. The van der Waals surface area contributed by atoms with Gasteiger partial charge in [0.2, 0.25) is 5.91 Å². The molecule has 35 heavy (non-hydrogen) atoms. The molecule has 0 aliphatic heterocycles. The van der Waals surface area contributed by atoms with Crippen molar-refractivity contribution >= 4 is 28.8 Å². The lowest BCUT2D eigenvalue weighted by Gasteiger charge is -2.28. The molecule has 15 heteroatoms. The van der Waals surface area contributed by atoms with E-state index in [-0.39, 0.29) is 33.6 Å². The maximum Gasteiger partial charge on any atom is 0.399 e. The molecule has 0 spiro atoms. The molecule has 1 unspecified atom stereocenters. The zero-order valence-electron chi connectivity index (χ0n) is 17.6. The van der Waals surface area contributed by atoms with Crippen LogP contribution >= 0.6 is 11.6 Å². The molecule has 0 bridgehead atoms. The Bertz CT molecular complexity index is 1440. The molecule has 4 aromatic heterocycles. The number of anilines is 1. The van der Waals surface area contributed by atoms with Gasteiger partial charge in [-0.2, -0.15) is 28.5 Å². The summed E-state index contributed by atoms with van der Waals surface area (Å²) in [7, 11) is 0. The number of hydrogen-bond acceptors (Lipinski definition) is 6. The highest BCUT2D eigenvalue weighted by atomic mass is 35.5. The second kappa shape index (κ2) is 7.93. The van der Waals surface area contributed by atoms with E-state index in [2.05, 4.69) is 30.6 Å². The number of aromatic nitrogens is 7. The average Bonchev–Trinajstić information content (AvgIpc) is 3.50. The normalized spacial score (nSPS) is 19.9. The van der Waals surface area contributed by atoms with Crippen molar-refractivity contribution in [1.29, 1.82) is 0 Å². The van der Waals surface area contributed by atoms with Crippen LogP contribution in [0.5, 0.6) is 0 Å². The van der Waals surface area contributed by atoms with E-state index in [1.807, 2.05) is 0 Å². The maximum absolute atomic E-state index is 14.2. The summed E-state index contributed by atoms with van der Waals surface area (Å²) in [4.78, 5) is 22.0. The third-order valence-electron chi connectivity index (χ3n) is 5.94. The molecule has 1 aliphatic carbocycles. The van der Waals surface area contributed by atoms with Crippen LogP contribution in [0.25, 0.3) is 11.5 Å². The van der Waals surface area contributed by atoms with Gasteiger partial charge in [0, 0.05) is 17.8 Å². The summed E-state index contributed by atoms with van der Waals surface area (Å²) in [5.74, 6) is -2.38. The molecule has 0 aromatic carbocycles. The maximum atomic E-state index is 14.2. The van der Waals surface area contributed by atoms with E-state index in [1.165, 1.54) is 24.7 Å². The summed E-state index contributed by atoms with van der Waals surface area (Å²) in [5, 5.41) is 13.8. The van der Waals surface area contributed by atoms with E-state index in [9.17, 15) is 26.7 Å². The molecule has 1 aliphatic rings. The van der Waals surface area contributed by atoms with Crippen molar-refractivity contribution in [2.45, 2.75) is 37.3 Å². The lowest BCUT2D eigenvalue weighted by molar-refractivity contribution is -0.187. The van der Waals surface area contributed by atoms with E-state index in [1.54, 1.807) is 0 Å². The highest BCUT2D eigenvalue weighted by molar-refractivity contribution is 6.29. The van der Waals surface area contributed by atoms with Crippen molar-refractivity contribution in [2.24, 2.45) is 0 Å². The zero-order valence-corrected chi connectivity index (χ0v) is 18.4. The first kappa shape index (κ1) is 23.1. The highest BCUT2D eigenvalue weighted by Gasteiger charge is 2.60. The van der Waals surface area contributed by atoms with Crippen LogP contribution in [0.15, 0.2) is 36.9 Å². The number of carbonyl (C=O) groups is 1. The highest BCUT2D eigenvalue weighted by Crippen LogP contribution is 2.54. The van der Waals surface area contributed by atoms with Gasteiger partial charge in [0.15, 0.2) is 16.6 Å². The molecule has 0 fully saturated rings. The fraction of sp³-hybridized carbons (Fsp3) is 0.300. The van der Waals surface area contributed by atoms with Gasteiger partial charge in [-0.3, -0.25) is 4.79 Å². The monoisotopic (exact) mass is 512 g/mol. The van der Waals surface area contributed by atoms with Crippen LogP contribution < -0.4 is 5.32 Å². The number of halogens is 6. The number of pyridine rings is 1.